The number of anilines is 1. The van der Waals surface area contributed by atoms with Gasteiger partial charge in [0.2, 0.25) is 0 Å². The van der Waals surface area contributed by atoms with E-state index >= 15 is 0 Å². The molecule has 0 saturated carbocycles. The van der Waals surface area contributed by atoms with Crippen molar-refractivity contribution < 1.29 is 4.79 Å². The van der Waals surface area contributed by atoms with Gasteiger partial charge in [-0.1, -0.05) is 18.2 Å². The highest BCUT2D eigenvalue weighted by atomic mass is 127. The van der Waals surface area contributed by atoms with Crippen LogP contribution in [0.3, 0.4) is 0 Å². The molecule has 2 aromatic rings. The van der Waals surface area contributed by atoms with Gasteiger partial charge in [-0.25, -0.2) is 9.97 Å². The van der Waals surface area contributed by atoms with Crippen molar-refractivity contribution in [2.24, 2.45) is 0 Å². The molecule has 0 amide bonds. The Labute approximate surface area is 142 Å². The molecule has 22 heavy (non-hydrogen) atoms. The van der Waals surface area contributed by atoms with Crippen molar-refractivity contribution in [2.45, 2.75) is 18.9 Å². The highest BCUT2D eigenvalue weighted by Crippen LogP contribution is 2.32. The first kappa shape index (κ1) is 13.9. The van der Waals surface area contributed by atoms with E-state index in [1.165, 1.54) is 0 Å². The molecule has 2 aliphatic rings. The number of carbonyl (C=O) groups is 1. The molecule has 0 spiro atoms. The summed E-state index contributed by atoms with van der Waals surface area (Å²) in [5.41, 5.74) is 1.85. The molecule has 1 aliphatic heterocycles. The molecule has 4 nitrogen and oxygen atoms in total. The first-order chi connectivity index (χ1) is 10.7. The minimum Gasteiger partial charge on any atom is -0.345 e. The lowest BCUT2D eigenvalue weighted by Gasteiger charge is -2.37. The molecule has 4 rings (SSSR count). The second-order valence-corrected chi connectivity index (χ2v) is 6.74. The smallest absolute Gasteiger partial charge is 0.162 e. The predicted molar refractivity (Wildman–Crippen MR) is 94.9 cm³/mol. The molecule has 0 radical (unpaired) electrons. The number of benzene rings is 1. The number of piperidine rings is 1. The number of nitrogens with zero attached hydrogens (tertiary/aromatic N) is 3. The third-order valence-corrected chi connectivity index (χ3v) is 4.87. The maximum atomic E-state index is 12.2. The minimum atomic E-state index is 0.00553. The lowest BCUT2D eigenvalue weighted by molar-refractivity contribution is -0.116. The highest BCUT2D eigenvalue weighted by molar-refractivity contribution is 14.1. The molecular weight excluding hydrogens is 389 g/mol. The van der Waals surface area contributed by atoms with Gasteiger partial charge in [0.1, 0.15) is 12.1 Å². The number of ketones is 1. The molecule has 110 valence electrons. The van der Waals surface area contributed by atoms with Crippen molar-refractivity contribution in [1.29, 1.82) is 0 Å². The summed E-state index contributed by atoms with van der Waals surface area (Å²) in [5, 5.41) is 1.04. The van der Waals surface area contributed by atoms with Crippen LogP contribution in [0.5, 0.6) is 0 Å². The van der Waals surface area contributed by atoms with E-state index < -0.39 is 0 Å². The van der Waals surface area contributed by atoms with Crippen LogP contribution in [-0.4, -0.2) is 28.3 Å². The highest BCUT2D eigenvalue weighted by Gasteiger charge is 2.32. The van der Waals surface area contributed by atoms with Gasteiger partial charge in [-0.05, 0) is 47.2 Å². The summed E-state index contributed by atoms with van der Waals surface area (Å²) in [4.78, 5) is 23.3. The Morgan fingerprint density at radius 1 is 1.27 bits per heavy atom. The van der Waals surface area contributed by atoms with Crippen LogP contribution in [0.1, 0.15) is 12.8 Å². The van der Waals surface area contributed by atoms with Crippen LogP contribution in [0.25, 0.3) is 10.9 Å². The third-order valence-electron chi connectivity index (χ3n) is 4.20. The third kappa shape index (κ3) is 2.24. The zero-order valence-corrected chi connectivity index (χ0v) is 14.0. The number of Topliss-reactive ketones (excluding diaryl/α,β-unsaturated/α-hetero) is 1. The number of rotatable bonds is 1. The Morgan fingerprint density at radius 2 is 2.18 bits per heavy atom. The van der Waals surface area contributed by atoms with Gasteiger partial charge in [-0.15, -0.1) is 0 Å². The Kier molecular flexibility index (Phi) is 3.44. The number of halogens is 1. The average Bonchev–Trinajstić information content (AvgIpc) is 2.55. The zero-order chi connectivity index (χ0) is 15.1. The maximum Gasteiger partial charge on any atom is 0.162 e. The SMILES string of the molecule is O=C1CCN(c2ncnc3ccc(I)cc23)C2C=CCC=C12. The molecular formula is C17H14IN3O. The van der Waals surface area contributed by atoms with E-state index in [0.717, 1.165) is 32.3 Å². The van der Waals surface area contributed by atoms with Gasteiger partial charge in [0.25, 0.3) is 0 Å². The van der Waals surface area contributed by atoms with Gasteiger partial charge >= 0.3 is 0 Å². The Bertz CT molecular complexity index is 828. The second-order valence-electron chi connectivity index (χ2n) is 5.49. The summed E-state index contributed by atoms with van der Waals surface area (Å²) >= 11 is 2.30. The van der Waals surface area contributed by atoms with Gasteiger partial charge in [0, 0.05) is 27.5 Å². The van der Waals surface area contributed by atoms with Crippen LogP contribution in [0.2, 0.25) is 0 Å². The van der Waals surface area contributed by atoms with E-state index in [9.17, 15) is 4.79 Å². The summed E-state index contributed by atoms with van der Waals surface area (Å²) < 4.78 is 1.16. The molecule has 0 bridgehead atoms. The Balaban J connectivity index is 1.86. The maximum absolute atomic E-state index is 12.2. The van der Waals surface area contributed by atoms with E-state index in [4.69, 9.17) is 0 Å². The van der Waals surface area contributed by atoms with Crippen molar-refractivity contribution in [3.05, 3.63) is 51.9 Å². The van der Waals surface area contributed by atoms with Crippen molar-refractivity contribution >= 4 is 45.1 Å². The number of fused-ring (bicyclic) bond motifs is 2. The largest absolute Gasteiger partial charge is 0.345 e. The average molecular weight is 403 g/mol. The lowest BCUT2D eigenvalue weighted by Crippen LogP contribution is -2.45. The predicted octanol–water partition coefficient (Wildman–Crippen LogP) is 3.27. The van der Waals surface area contributed by atoms with Crippen LogP contribution < -0.4 is 4.90 Å². The van der Waals surface area contributed by atoms with Gasteiger partial charge < -0.3 is 4.90 Å². The number of aromatic nitrogens is 2. The molecule has 1 aromatic carbocycles. The van der Waals surface area contributed by atoms with E-state index in [1.54, 1.807) is 6.33 Å². The molecule has 5 heteroatoms. The number of hydrogen-bond donors (Lipinski definition) is 0. The normalized spacial score (nSPS) is 21.0. The molecule has 1 atom stereocenters. The Hall–Kier alpha value is -1.76. The van der Waals surface area contributed by atoms with Gasteiger partial charge in [-0.3, -0.25) is 4.79 Å². The molecule has 1 saturated heterocycles. The first-order valence-electron chi connectivity index (χ1n) is 7.31. The van der Waals surface area contributed by atoms with Crippen LogP contribution in [-0.2, 0) is 4.79 Å². The molecule has 1 aromatic heterocycles. The summed E-state index contributed by atoms with van der Waals surface area (Å²) in [6.45, 7) is 0.697. The Morgan fingerprint density at radius 3 is 3.09 bits per heavy atom. The zero-order valence-electron chi connectivity index (χ0n) is 11.9. The van der Waals surface area contributed by atoms with Gasteiger partial charge in [0.15, 0.2) is 5.78 Å². The van der Waals surface area contributed by atoms with Gasteiger partial charge in [0.05, 0.1) is 11.6 Å². The fourth-order valence-corrected chi connectivity index (χ4v) is 3.66. The fraction of sp³-hybridized carbons (Fsp3) is 0.235. The summed E-state index contributed by atoms with van der Waals surface area (Å²) in [5.74, 6) is 1.18. The van der Waals surface area contributed by atoms with E-state index in [-0.39, 0.29) is 11.8 Å². The number of allylic oxidation sites excluding steroid dienone is 2. The molecule has 1 aliphatic carbocycles. The van der Waals surface area contributed by atoms with Crippen LogP contribution >= 0.6 is 22.6 Å². The topological polar surface area (TPSA) is 46.1 Å². The second kappa shape index (κ2) is 5.46. The standard InChI is InChI=1S/C17H14IN3O/c18-11-5-6-14-13(9-11)17(20-10-19-14)21-8-7-16(22)12-3-1-2-4-15(12)21/h2-6,9-10,15H,1,7-8H2. The van der Waals surface area contributed by atoms with Crippen molar-refractivity contribution in [2.75, 3.05) is 11.4 Å². The van der Waals surface area contributed by atoms with Gasteiger partial charge in [-0.2, -0.15) is 0 Å². The monoisotopic (exact) mass is 403 g/mol. The van der Waals surface area contributed by atoms with Crippen molar-refractivity contribution in [3.8, 4) is 0 Å². The molecule has 0 N–H and O–H groups in total. The first-order valence-corrected chi connectivity index (χ1v) is 8.39. The van der Waals surface area contributed by atoms with E-state index in [2.05, 4.69) is 55.7 Å². The van der Waals surface area contributed by atoms with Crippen molar-refractivity contribution in [1.82, 2.24) is 9.97 Å². The number of hydrogen-bond acceptors (Lipinski definition) is 4. The van der Waals surface area contributed by atoms with E-state index in [0.29, 0.717) is 13.0 Å². The summed E-state index contributed by atoms with van der Waals surface area (Å²) in [6.07, 6.45) is 9.28. The minimum absolute atomic E-state index is 0.00553. The summed E-state index contributed by atoms with van der Waals surface area (Å²) in [7, 11) is 0. The molecule has 1 fully saturated rings. The molecule has 1 unspecified atom stereocenters. The van der Waals surface area contributed by atoms with E-state index in [1.807, 2.05) is 18.2 Å². The van der Waals surface area contributed by atoms with Crippen LogP contribution in [0.4, 0.5) is 5.82 Å². The molecule has 2 heterocycles. The lowest BCUT2D eigenvalue weighted by atomic mass is 9.90. The van der Waals surface area contributed by atoms with Crippen molar-refractivity contribution in [3.63, 3.8) is 0 Å². The fourth-order valence-electron chi connectivity index (χ4n) is 3.16. The number of carbonyl (C=O) groups excluding carboxylic acids is 1. The quantitative estimate of drug-likeness (QED) is 0.542. The summed E-state index contributed by atoms with van der Waals surface area (Å²) in [6, 6.07) is 6.18. The van der Waals surface area contributed by atoms with Crippen LogP contribution in [0.15, 0.2) is 48.3 Å². The van der Waals surface area contributed by atoms with Crippen LogP contribution in [0, 0.1) is 3.57 Å².